The largest absolute Gasteiger partial charge is 0.310 e. The number of fused-ring (bicyclic) bond motifs is 9. The van der Waals surface area contributed by atoms with E-state index in [-0.39, 0.29) is 0 Å². The van der Waals surface area contributed by atoms with Crippen molar-refractivity contribution in [2.75, 3.05) is 4.90 Å². The van der Waals surface area contributed by atoms with Crippen molar-refractivity contribution in [1.82, 2.24) is 0 Å². The highest BCUT2D eigenvalue weighted by atomic mass is 32.1. The van der Waals surface area contributed by atoms with E-state index < -0.39 is 0 Å². The van der Waals surface area contributed by atoms with E-state index in [2.05, 4.69) is 193 Å². The molecule has 11 aromatic rings. The lowest BCUT2D eigenvalue weighted by Gasteiger charge is -2.27. The number of anilines is 3. The second-order valence-electron chi connectivity index (χ2n) is 13.7. The maximum absolute atomic E-state index is 2.44. The highest BCUT2D eigenvalue weighted by Crippen LogP contribution is 2.49. The van der Waals surface area contributed by atoms with Gasteiger partial charge in [-0.1, -0.05) is 140 Å². The van der Waals surface area contributed by atoms with Crippen LogP contribution in [0.3, 0.4) is 0 Å². The Bertz CT molecular complexity index is 3170. The third kappa shape index (κ3) is 4.89. The Morgan fingerprint density at radius 1 is 0.340 bits per heavy atom. The summed E-state index contributed by atoms with van der Waals surface area (Å²) in [6.07, 6.45) is 0. The Morgan fingerprint density at radius 2 is 1.04 bits per heavy atom. The van der Waals surface area contributed by atoms with Crippen molar-refractivity contribution in [2.45, 2.75) is 0 Å². The topological polar surface area (TPSA) is 3.24 Å². The first-order valence-corrected chi connectivity index (χ1v) is 19.6. The van der Waals surface area contributed by atoms with Crippen LogP contribution in [0.15, 0.2) is 188 Å². The second kappa shape index (κ2) is 12.2. The summed E-state index contributed by atoms with van der Waals surface area (Å²) in [5.74, 6) is 0. The van der Waals surface area contributed by atoms with Gasteiger partial charge in [-0.3, -0.25) is 0 Å². The summed E-state index contributed by atoms with van der Waals surface area (Å²) >= 11 is 3.80. The van der Waals surface area contributed by atoms with E-state index >= 15 is 0 Å². The summed E-state index contributed by atoms with van der Waals surface area (Å²) in [5.41, 5.74) is 8.54. The first kappa shape index (κ1) is 30.4. The Kier molecular flexibility index (Phi) is 6.97. The molecule has 9 aromatic carbocycles. The van der Waals surface area contributed by atoms with Crippen molar-refractivity contribution in [3.63, 3.8) is 0 Å². The zero-order chi connectivity index (χ0) is 34.9. The smallest absolute Gasteiger partial charge is 0.0547 e. The minimum atomic E-state index is 1.14. The lowest BCUT2D eigenvalue weighted by Crippen LogP contribution is -2.10. The van der Waals surface area contributed by atoms with Gasteiger partial charge in [-0.15, -0.1) is 22.7 Å². The fraction of sp³-hybridized carbons (Fsp3) is 0. The third-order valence-electron chi connectivity index (χ3n) is 10.6. The maximum Gasteiger partial charge on any atom is 0.0547 e. The van der Waals surface area contributed by atoms with E-state index in [9.17, 15) is 0 Å². The molecule has 0 aliphatic rings. The van der Waals surface area contributed by atoms with Gasteiger partial charge in [0.25, 0.3) is 0 Å². The molecule has 248 valence electrons. The van der Waals surface area contributed by atoms with Gasteiger partial charge in [0.05, 0.1) is 5.69 Å². The van der Waals surface area contributed by atoms with Crippen LogP contribution in [-0.4, -0.2) is 0 Å². The maximum atomic E-state index is 2.44. The fourth-order valence-electron chi connectivity index (χ4n) is 8.19. The predicted molar refractivity (Wildman–Crippen MR) is 233 cm³/mol. The van der Waals surface area contributed by atoms with Crippen molar-refractivity contribution in [1.29, 1.82) is 0 Å². The summed E-state index contributed by atoms with van der Waals surface area (Å²) in [7, 11) is 0. The number of benzene rings is 9. The van der Waals surface area contributed by atoms with Crippen LogP contribution in [0, 0.1) is 0 Å². The second-order valence-corrected chi connectivity index (χ2v) is 15.8. The van der Waals surface area contributed by atoms with Crippen LogP contribution in [0.4, 0.5) is 17.1 Å². The molecule has 0 fully saturated rings. The lowest BCUT2D eigenvalue weighted by atomic mass is 9.96. The first-order chi connectivity index (χ1) is 26.3. The number of hydrogen-bond donors (Lipinski definition) is 0. The van der Waals surface area contributed by atoms with E-state index in [4.69, 9.17) is 0 Å². The van der Waals surface area contributed by atoms with Gasteiger partial charge < -0.3 is 4.90 Å². The molecule has 3 heteroatoms. The van der Waals surface area contributed by atoms with Crippen LogP contribution in [-0.2, 0) is 0 Å². The number of thiophene rings is 2. The normalized spacial score (nSPS) is 11.8. The van der Waals surface area contributed by atoms with E-state index in [0.29, 0.717) is 0 Å². The molecule has 0 atom stereocenters. The van der Waals surface area contributed by atoms with Gasteiger partial charge in [0, 0.05) is 62.5 Å². The van der Waals surface area contributed by atoms with Crippen molar-refractivity contribution < 1.29 is 0 Å². The van der Waals surface area contributed by atoms with Gasteiger partial charge in [0.1, 0.15) is 0 Å². The molecule has 0 bridgehead atoms. The van der Waals surface area contributed by atoms with Crippen molar-refractivity contribution in [3.8, 4) is 22.3 Å². The van der Waals surface area contributed by atoms with E-state index in [1.165, 1.54) is 89.8 Å². The van der Waals surface area contributed by atoms with Crippen LogP contribution in [0.25, 0.3) is 84.1 Å². The van der Waals surface area contributed by atoms with E-state index in [1.807, 2.05) is 22.7 Å². The molecular formula is C50H31NS2. The average Bonchev–Trinajstić information content (AvgIpc) is 3.80. The standard InChI is InChI=1S/C50H31NS2/c1-3-14-33(15-4-1)38-21-12-24-47-48(38)42-23-11-22-39(49(42)53-47)35-26-28-46-43(30-35)44-31-45(40-19-9-10-20-41(40)50(44)52-46)51(36-17-5-2-6-18-36)37-27-25-32-13-7-8-16-34(32)29-37/h1-31H. The predicted octanol–water partition coefficient (Wildman–Crippen LogP) is 15.5. The van der Waals surface area contributed by atoms with Crippen LogP contribution < -0.4 is 4.90 Å². The quantitative estimate of drug-likeness (QED) is 0.172. The molecule has 0 N–H and O–H groups in total. The molecule has 0 saturated carbocycles. The van der Waals surface area contributed by atoms with E-state index in [0.717, 1.165) is 11.4 Å². The number of rotatable bonds is 5. The number of hydrogen-bond acceptors (Lipinski definition) is 3. The minimum Gasteiger partial charge on any atom is -0.310 e. The average molecular weight is 710 g/mol. The highest BCUT2D eigenvalue weighted by Gasteiger charge is 2.21. The third-order valence-corrected chi connectivity index (χ3v) is 13.0. The fourth-order valence-corrected chi connectivity index (χ4v) is 10.7. The van der Waals surface area contributed by atoms with Crippen LogP contribution >= 0.6 is 22.7 Å². The first-order valence-electron chi connectivity index (χ1n) is 18.0. The Labute approximate surface area is 315 Å². The molecule has 0 aliphatic carbocycles. The summed E-state index contributed by atoms with van der Waals surface area (Å²) in [4.78, 5) is 2.43. The van der Waals surface area contributed by atoms with Crippen LogP contribution in [0.1, 0.15) is 0 Å². The minimum absolute atomic E-state index is 1.14. The highest BCUT2D eigenvalue weighted by molar-refractivity contribution is 7.27. The van der Waals surface area contributed by atoms with Crippen molar-refractivity contribution in [2.24, 2.45) is 0 Å². The number of para-hydroxylation sites is 1. The monoisotopic (exact) mass is 709 g/mol. The summed E-state index contributed by atoms with van der Waals surface area (Å²) in [5, 5.41) is 10.2. The molecule has 11 rings (SSSR count). The van der Waals surface area contributed by atoms with Gasteiger partial charge in [-0.2, -0.15) is 0 Å². The van der Waals surface area contributed by atoms with Gasteiger partial charge in [-0.05, 0) is 81.6 Å². The number of nitrogens with zero attached hydrogens (tertiary/aromatic N) is 1. The Balaban J connectivity index is 1.15. The molecule has 2 aromatic heterocycles. The molecule has 1 nitrogen and oxygen atoms in total. The zero-order valence-electron chi connectivity index (χ0n) is 28.7. The van der Waals surface area contributed by atoms with Crippen molar-refractivity contribution in [3.05, 3.63) is 188 Å². The van der Waals surface area contributed by atoms with Gasteiger partial charge in [0.15, 0.2) is 0 Å². The zero-order valence-corrected chi connectivity index (χ0v) is 30.3. The Morgan fingerprint density at radius 3 is 1.91 bits per heavy atom. The summed E-state index contributed by atoms with van der Waals surface area (Å²) < 4.78 is 5.29. The van der Waals surface area contributed by atoms with Gasteiger partial charge >= 0.3 is 0 Å². The molecule has 0 radical (unpaired) electrons. The Hall–Kier alpha value is -6.26. The molecule has 0 saturated heterocycles. The van der Waals surface area contributed by atoms with Gasteiger partial charge in [-0.25, -0.2) is 0 Å². The molecule has 0 amide bonds. The lowest BCUT2D eigenvalue weighted by molar-refractivity contribution is 1.31. The van der Waals surface area contributed by atoms with Crippen LogP contribution in [0.2, 0.25) is 0 Å². The van der Waals surface area contributed by atoms with Gasteiger partial charge in [0.2, 0.25) is 0 Å². The molecule has 0 unspecified atom stereocenters. The molecule has 2 heterocycles. The van der Waals surface area contributed by atoms with Crippen LogP contribution in [0.5, 0.6) is 0 Å². The molecule has 0 aliphatic heterocycles. The summed E-state index contributed by atoms with van der Waals surface area (Å²) in [6.45, 7) is 0. The molecule has 0 spiro atoms. The SMILES string of the molecule is c1ccc(-c2cccc3sc4c(-c5ccc6sc7c8ccccc8c(N(c8ccccc8)c8ccc9ccccc9c8)cc7c6c5)cccc4c23)cc1. The molecular weight excluding hydrogens is 679 g/mol. The molecule has 53 heavy (non-hydrogen) atoms. The van der Waals surface area contributed by atoms with Crippen molar-refractivity contribution >= 4 is 102 Å². The van der Waals surface area contributed by atoms with E-state index in [1.54, 1.807) is 0 Å². The summed E-state index contributed by atoms with van der Waals surface area (Å²) in [6, 6.07) is 69.0.